The molecular formula is C36H47N5O9. The smallest absolute Gasteiger partial charge is 0.408 e. The zero-order chi connectivity index (χ0) is 36.8. The first-order chi connectivity index (χ1) is 23.6. The highest BCUT2D eigenvalue weighted by Gasteiger charge is 2.53. The highest BCUT2D eigenvalue weighted by molar-refractivity contribution is 5.85. The lowest BCUT2D eigenvalue weighted by Gasteiger charge is -2.57. The number of likely N-dealkylation sites (N-methyl/N-ethyl adjacent to an activating group) is 1. The van der Waals surface area contributed by atoms with E-state index in [9.17, 15) is 25.1 Å². The number of methoxy groups -OCH3 is 3. The Morgan fingerprint density at radius 1 is 1.08 bits per heavy atom. The van der Waals surface area contributed by atoms with Crippen LogP contribution in [0.2, 0.25) is 0 Å². The minimum Gasteiger partial charge on any atom is -0.507 e. The second-order valence-electron chi connectivity index (χ2n) is 13.9. The fraction of sp³-hybridized carbons (Fsp3) is 0.528. The molecule has 4 N–H and O–H groups in total. The molecule has 270 valence electrons. The zero-order valence-corrected chi connectivity index (χ0v) is 30.3. The summed E-state index contributed by atoms with van der Waals surface area (Å²) < 4.78 is 28.1. The number of nitrogens with one attached hydrogen (secondary N) is 2. The number of piperazine rings is 1. The first-order valence-electron chi connectivity index (χ1n) is 16.4. The van der Waals surface area contributed by atoms with E-state index in [-0.39, 0.29) is 36.6 Å². The van der Waals surface area contributed by atoms with Crippen LogP contribution in [0.1, 0.15) is 73.2 Å². The molecule has 1 saturated heterocycles. The average Bonchev–Trinajstić information content (AvgIpc) is 3.04. The van der Waals surface area contributed by atoms with E-state index in [0.717, 1.165) is 16.7 Å². The van der Waals surface area contributed by atoms with Crippen molar-refractivity contribution in [3.63, 3.8) is 0 Å². The van der Waals surface area contributed by atoms with Gasteiger partial charge in [0.15, 0.2) is 29.8 Å². The summed E-state index contributed by atoms with van der Waals surface area (Å²) >= 11 is 0. The predicted molar refractivity (Wildman–Crippen MR) is 183 cm³/mol. The second-order valence-corrected chi connectivity index (χ2v) is 13.9. The van der Waals surface area contributed by atoms with Crippen LogP contribution < -0.4 is 24.8 Å². The van der Waals surface area contributed by atoms with Gasteiger partial charge in [0.1, 0.15) is 23.4 Å². The van der Waals surface area contributed by atoms with Gasteiger partial charge in [0.2, 0.25) is 5.91 Å². The number of hydrogen-bond donors (Lipinski definition) is 4. The number of aryl methyl sites for hydroxylation is 1. The third-order valence-electron chi connectivity index (χ3n) is 9.55. The van der Waals surface area contributed by atoms with Crippen molar-refractivity contribution < 1.29 is 43.5 Å². The first kappa shape index (κ1) is 36.4. The summed E-state index contributed by atoms with van der Waals surface area (Å²) in [5.41, 5.74) is 3.53. The summed E-state index contributed by atoms with van der Waals surface area (Å²) in [7, 11) is 6.45. The Hall–Kier alpha value is -4.87. The summed E-state index contributed by atoms with van der Waals surface area (Å²) in [6, 6.07) is 1.19. The maximum absolute atomic E-state index is 13.4. The molecule has 1 unspecified atom stereocenters. The molecule has 0 radical (unpaired) electrons. The van der Waals surface area contributed by atoms with E-state index in [0.29, 0.717) is 40.3 Å². The van der Waals surface area contributed by atoms with E-state index < -0.39 is 41.8 Å². The third kappa shape index (κ3) is 6.20. The van der Waals surface area contributed by atoms with E-state index in [1.54, 1.807) is 40.9 Å². The Morgan fingerprint density at radius 2 is 1.76 bits per heavy atom. The predicted octanol–water partition coefficient (Wildman–Crippen LogP) is 3.95. The summed E-state index contributed by atoms with van der Waals surface area (Å²) in [5.74, 6) is 0.305. The van der Waals surface area contributed by atoms with Crippen molar-refractivity contribution in [1.29, 1.82) is 5.26 Å². The van der Waals surface area contributed by atoms with Crippen molar-refractivity contribution in [2.24, 2.45) is 0 Å². The van der Waals surface area contributed by atoms with Gasteiger partial charge in [-0.15, -0.1) is 0 Å². The standard InChI is InChI=1S/C36H47N5O9/c1-17-11-20-12-22-24(14-37)41-23(28(40(22)7)26(20)33(31(17)47-9)49-16-46-8)13-21-27(30(43)32(48-10)18(2)29(21)42)25(41)15-38-34(44)19(3)39-35(45)50-36(4,5)6/h11,13,19,22,24-25,28,42-43H,12,15-16H2,1-10H3,(H,38,44)(H,39,45)/t19-,22-,24-,25-,28?/m0/s1. The Labute approximate surface area is 292 Å². The Balaban J connectivity index is 1.67. The zero-order valence-electron chi connectivity index (χ0n) is 30.3. The molecule has 0 aliphatic carbocycles. The van der Waals surface area contributed by atoms with Gasteiger partial charge in [0.25, 0.3) is 0 Å². The van der Waals surface area contributed by atoms with Gasteiger partial charge < -0.3 is 49.4 Å². The van der Waals surface area contributed by atoms with Crippen LogP contribution in [0.25, 0.3) is 6.08 Å². The van der Waals surface area contributed by atoms with Gasteiger partial charge in [-0.3, -0.25) is 9.69 Å². The third-order valence-corrected chi connectivity index (χ3v) is 9.55. The number of rotatable bonds is 9. The molecular weight excluding hydrogens is 646 g/mol. The van der Waals surface area contributed by atoms with Crippen LogP contribution in [-0.4, -0.2) is 97.5 Å². The van der Waals surface area contributed by atoms with Crippen LogP contribution in [0, 0.1) is 25.2 Å². The maximum atomic E-state index is 13.4. The van der Waals surface area contributed by atoms with Gasteiger partial charge in [-0.1, -0.05) is 6.07 Å². The highest BCUT2D eigenvalue weighted by Crippen LogP contribution is 2.58. The van der Waals surface area contributed by atoms with E-state index in [4.69, 9.17) is 23.7 Å². The Morgan fingerprint density at radius 3 is 2.36 bits per heavy atom. The largest absolute Gasteiger partial charge is 0.507 e. The van der Waals surface area contributed by atoms with E-state index in [1.165, 1.54) is 21.1 Å². The van der Waals surface area contributed by atoms with Gasteiger partial charge in [0, 0.05) is 47.6 Å². The minimum atomic E-state index is -0.973. The van der Waals surface area contributed by atoms with E-state index in [2.05, 4.69) is 27.7 Å². The number of phenolic OH excluding ortho intramolecular Hbond substituents is 2. The van der Waals surface area contributed by atoms with Crippen molar-refractivity contribution in [1.82, 2.24) is 20.4 Å². The number of alkyl carbamates (subject to hydrolysis) is 1. The minimum absolute atomic E-state index is 0.0314. The Bertz CT molecular complexity index is 1760. The molecule has 0 saturated carbocycles. The van der Waals surface area contributed by atoms with Crippen LogP contribution in [0.15, 0.2) is 11.8 Å². The lowest BCUT2D eigenvalue weighted by molar-refractivity contribution is -0.123. The lowest BCUT2D eigenvalue weighted by atomic mass is 9.75. The van der Waals surface area contributed by atoms with Gasteiger partial charge >= 0.3 is 6.09 Å². The number of phenols is 2. The molecule has 14 heteroatoms. The molecule has 0 aromatic heterocycles. The van der Waals surface area contributed by atoms with Crippen LogP contribution in [-0.2, 0) is 20.7 Å². The molecule has 2 aromatic rings. The lowest BCUT2D eigenvalue weighted by Crippen LogP contribution is -2.62. The molecule has 14 nitrogen and oxygen atoms in total. The number of nitrogens with zero attached hydrogens (tertiary/aromatic N) is 3. The molecule has 5 atom stereocenters. The van der Waals surface area contributed by atoms with Crippen LogP contribution in [0.5, 0.6) is 28.7 Å². The second kappa shape index (κ2) is 13.8. The first-order valence-corrected chi connectivity index (χ1v) is 16.4. The SMILES string of the molecule is COCOc1c(OC)c(C)cc2c1C1C3=Cc4c(O)c(C)c(OC)c(O)c4[C@H](CNC(=O)[C@H](C)NC(=O)OC(C)(C)C)N3[C@@H](C#N)[C@H](C2)N1C. The highest BCUT2D eigenvalue weighted by atomic mass is 16.7. The fourth-order valence-electron chi connectivity index (χ4n) is 7.44. The number of carbonyl (C=O) groups is 2. The quantitative estimate of drug-likeness (QED) is 0.220. The number of fused-ring (bicyclic) bond motifs is 7. The van der Waals surface area contributed by atoms with Crippen molar-refractivity contribution in [3.05, 3.63) is 45.1 Å². The number of nitriles is 1. The molecule has 3 aliphatic heterocycles. The summed E-state index contributed by atoms with van der Waals surface area (Å²) in [5, 5.41) is 39.6. The number of aromatic hydroxyl groups is 2. The monoisotopic (exact) mass is 693 g/mol. The van der Waals surface area contributed by atoms with Crippen molar-refractivity contribution in [2.75, 3.05) is 41.7 Å². The van der Waals surface area contributed by atoms with Gasteiger partial charge in [-0.25, -0.2) is 4.79 Å². The van der Waals surface area contributed by atoms with Crippen LogP contribution >= 0.6 is 0 Å². The molecule has 50 heavy (non-hydrogen) atoms. The average molecular weight is 694 g/mol. The molecule has 1 fully saturated rings. The summed E-state index contributed by atoms with van der Waals surface area (Å²) in [4.78, 5) is 29.9. The number of carbonyl (C=O) groups excluding carboxylic acids is 2. The molecule has 2 bridgehead atoms. The van der Waals surface area contributed by atoms with Gasteiger partial charge in [-0.2, -0.15) is 5.26 Å². The summed E-state index contributed by atoms with van der Waals surface area (Å²) in [6.07, 6.45) is 1.53. The number of hydrogen-bond acceptors (Lipinski definition) is 12. The van der Waals surface area contributed by atoms with E-state index >= 15 is 0 Å². The molecule has 2 aromatic carbocycles. The van der Waals surface area contributed by atoms with Crippen LogP contribution in [0.3, 0.4) is 0 Å². The Kier molecular flexibility index (Phi) is 10.0. The normalized spacial score (nSPS) is 21.4. The fourth-order valence-corrected chi connectivity index (χ4v) is 7.44. The molecule has 3 aliphatic rings. The van der Waals surface area contributed by atoms with E-state index in [1.807, 2.05) is 18.9 Å². The van der Waals surface area contributed by atoms with Crippen molar-refractivity contribution in [3.8, 4) is 34.8 Å². The summed E-state index contributed by atoms with van der Waals surface area (Å²) in [6.45, 7) is 10.1. The van der Waals surface area contributed by atoms with Crippen molar-refractivity contribution >= 4 is 18.1 Å². The van der Waals surface area contributed by atoms with Crippen LogP contribution in [0.4, 0.5) is 4.79 Å². The molecule has 2 amide bonds. The topological polar surface area (TPSA) is 175 Å². The number of amides is 2. The maximum Gasteiger partial charge on any atom is 0.408 e. The molecule has 5 rings (SSSR count). The number of ether oxygens (including phenoxy) is 5. The molecule has 0 spiro atoms. The van der Waals surface area contributed by atoms with Gasteiger partial charge in [0.05, 0.1) is 32.4 Å². The molecule has 3 heterocycles. The van der Waals surface area contributed by atoms with Crippen molar-refractivity contribution in [2.45, 2.75) is 83.8 Å². The number of benzene rings is 2. The van der Waals surface area contributed by atoms with Gasteiger partial charge in [-0.05, 0) is 72.2 Å².